The van der Waals surface area contributed by atoms with Gasteiger partial charge < -0.3 is 24.1 Å². The topological polar surface area (TPSA) is 75.8 Å². The maximum absolute atomic E-state index is 7.13. The molecule has 0 aromatic carbocycles. The van der Waals surface area contributed by atoms with Gasteiger partial charge in [0.15, 0.2) is 5.11 Å². The summed E-state index contributed by atoms with van der Waals surface area (Å²) >= 11 is 7.79. The fourth-order valence-corrected chi connectivity index (χ4v) is 0. The molecule has 6 heteroatoms. The monoisotopic (exact) mass is 173 g/mol. The Labute approximate surface area is 102 Å². The zero-order valence-electron chi connectivity index (χ0n) is 4.42. The number of nitrogens with zero attached hydrogens (tertiary/aromatic N) is 1. The second-order valence-electron chi connectivity index (χ2n) is 0.494. The second kappa shape index (κ2) is 15.7. The van der Waals surface area contributed by atoms with E-state index < -0.39 is 0 Å². The van der Waals surface area contributed by atoms with E-state index in [9.17, 15) is 0 Å². The van der Waals surface area contributed by atoms with E-state index in [1.807, 2.05) is 0 Å². The van der Waals surface area contributed by atoms with Gasteiger partial charge in [0.05, 0.1) is 0 Å². The Kier molecular flexibility index (Phi) is 31.4. The van der Waals surface area contributed by atoms with Gasteiger partial charge in [0.25, 0.3) is 0 Å². The van der Waals surface area contributed by atoms with Gasteiger partial charge in [-0.05, 0) is 12.2 Å². The van der Waals surface area contributed by atoms with Crippen molar-refractivity contribution in [1.29, 1.82) is 5.26 Å². The summed E-state index contributed by atoms with van der Waals surface area (Å²) in [4.78, 5) is 0. The first-order valence-electron chi connectivity index (χ1n) is 1.21. The van der Waals surface area contributed by atoms with Crippen molar-refractivity contribution in [2.75, 3.05) is 0 Å². The van der Waals surface area contributed by atoms with E-state index in [2.05, 4.69) is 36.3 Å². The largest absolute Gasteiger partial charge is 1.00 e. The van der Waals surface area contributed by atoms with Crippen LogP contribution in [0, 0.1) is 10.7 Å². The molecule has 0 radical (unpaired) electrons. The number of hydrogen-bond acceptors (Lipinski definition) is 3. The molecule has 0 aliphatic carbocycles. The molecule has 0 aromatic heterocycles. The summed E-state index contributed by atoms with van der Waals surface area (Å²) in [7, 11) is 0. The molecule has 0 saturated heterocycles. The van der Waals surface area contributed by atoms with Gasteiger partial charge in [0.2, 0.25) is 0 Å². The number of hydrogen-bond donors (Lipinski definition) is 2. The van der Waals surface area contributed by atoms with Crippen molar-refractivity contribution < 1.29 is 51.4 Å². The number of rotatable bonds is 0. The predicted octanol–water partition coefficient (Wildman–Crippen LogP) is -3.79. The Morgan fingerprint density at radius 2 is 1.62 bits per heavy atom. The minimum atomic E-state index is 0. The van der Waals surface area contributed by atoms with Crippen LogP contribution in [0.3, 0.4) is 0 Å². The van der Waals surface area contributed by atoms with Gasteiger partial charge in [-0.2, -0.15) is 0 Å². The summed E-state index contributed by atoms with van der Waals surface area (Å²) in [5.74, 6) is 0. The summed E-state index contributed by atoms with van der Waals surface area (Å²) in [5.41, 5.74) is 9.24. The summed E-state index contributed by atoms with van der Waals surface area (Å²) in [6.45, 7) is 0. The van der Waals surface area contributed by atoms with Gasteiger partial charge in [0.1, 0.15) is 0 Å². The fourth-order valence-electron chi connectivity index (χ4n) is 0. The number of nitriles is 1. The van der Waals surface area contributed by atoms with Gasteiger partial charge in [-0.3, -0.25) is 0 Å². The molecule has 0 saturated carbocycles. The SMILES string of the molecule is N#C[S-].NC(N)=S.[K+]. The minimum Gasteiger partial charge on any atom is -0.696 e. The zero-order valence-corrected chi connectivity index (χ0v) is 9.17. The van der Waals surface area contributed by atoms with Crippen LogP contribution in [0.1, 0.15) is 0 Å². The van der Waals surface area contributed by atoms with Crippen molar-refractivity contribution in [1.82, 2.24) is 0 Å². The van der Waals surface area contributed by atoms with Gasteiger partial charge in [-0.15, -0.1) is 0 Å². The molecule has 0 unspecified atom stereocenters. The minimum absolute atomic E-state index is 0. The first-order chi connectivity index (χ1) is 3.15. The van der Waals surface area contributed by atoms with E-state index in [0.29, 0.717) is 0 Å². The van der Waals surface area contributed by atoms with Crippen molar-refractivity contribution in [3.63, 3.8) is 0 Å². The average Bonchev–Trinajstić information content (AvgIpc) is 1.33. The zero-order chi connectivity index (χ0) is 6.28. The van der Waals surface area contributed by atoms with Crippen molar-refractivity contribution in [2.45, 2.75) is 0 Å². The molecule has 40 valence electrons. The van der Waals surface area contributed by atoms with E-state index in [0.717, 1.165) is 0 Å². The Hall–Kier alpha value is 1.04. The Morgan fingerprint density at radius 1 is 1.62 bits per heavy atom. The van der Waals surface area contributed by atoms with Crippen molar-refractivity contribution in [3.05, 3.63) is 0 Å². The average molecular weight is 173 g/mol. The third-order valence-electron chi connectivity index (χ3n) is 0. The molecule has 0 amide bonds. The molecule has 0 aliphatic rings. The summed E-state index contributed by atoms with van der Waals surface area (Å²) in [5, 5.41) is 8.47. The van der Waals surface area contributed by atoms with E-state index in [-0.39, 0.29) is 56.5 Å². The van der Waals surface area contributed by atoms with Crippen LogP contribution in [-0.4, -0.2) is 5.11 Å². The Bertz CT molecular complexity index is 83.8. The van der Waals surface area contributed by atoms with Gasteiger partial charge >= 0.3 is 51.4 Å². The molecule has 8 heavy (non-hydrogen) atoms. The molecule has 0 atom stereocenters. The molecule has 3 nitrogen and oxygen atoms in total. The summed E-state index contributed by atoms with van der Waals surface area (Å²) in [6, 6.07) is 0. The van der Waals surface area contributed by atoms with E-state index >= 15 is 0 Å². The van der Waals surface area contributed by atoms with Crippen molar-refractivity contribution in [2.24, 2.45) is 11.5 Å². The third-order valence-corrected chi connectivity index (χ3v) is 0. The Morgan fingerprint density at radius 3 is 1.62 bits per heavy atom. The van der Waals surface area contributed by atoms with E-state index in [4.69, 9.17) is 5.26 Å². The smallest absolute Gasteiger partial charge is 0.696 e. The van der Waals surface area contributed by atoms with Crippen LogP contribution in [0.25, 0.3) is 0 Å². The molecule has 4 N–H and O–H groups in total. The van der Waals surface area contributed by atoms with Crippen LogP contribution in [0.5, 0.6) is 0 Å². The van der Waals surface area contributed by atoms with Crippen LogP contribution < -0.4 is 62.9 Å². The van der Waals surface area contributed by atoms with Crippen molar-refractivity contribution in [3.8, 4) is 5.40 Å². The van der Waals surface area contributed by atoms with Crippen LogP contribution in [-0.2, 0) is 12.6 Å². The van der Waals surface area contributed by atoms with Crippen LogP contribution in [0.15, 0.2) is 0 Å². The van der Waals surface area contributed by atoms with Gasteiger partial charge in [0, 0.05) is 0 Å². The molecule has 0 rings (SSSR count). The van der Waals surface area contributed by atoms with Gasteiger partial charge in [-0.1, -0.05) is 5.40 Å². The fraction of sp³-hybridized carbons (Fsp3) is 0. The van der Waals surface area contributed by atoms with Crippen LogP contribution in [0.4, 0.5) is 0 Å². The van der Waals surface area contributed by atoms with Crippen LogP contribution in [0.2, 0.25) is 0 Å². The molecule has 0 fully saturated rings. The van der Waals surface area contributed by atoms with E-state index in [1.54, 1.807) is 0 Å². The number of nitrogens with two attached hydrogens (primary N) is 2. The standard InChI is InChI=1S/CH4N2S.CHNS.K/c2-1(3)4;2-1-3;/h(H4,2,3,4);3H;/q;;+1/p-1. The molecular formula is C2H4KN3S2. The summed E-state index contributed by atoms with van der Waals surface area (Å²) in [6.07, 6.45) is 0. The molecule has 0 spiro atoms. The molecule has 0 bridgehead atoms. The van der Waals surface area contributed by atoms with Crippen molar-refractivity contribution >= 4 is 30.0 Å². The number of thiocarbonyl (C=S) groups is 1. The molecule has 0 aromatic rings. The second-order valence-corrected chi connectivity index (χ2v) is 1.15. The van der Waals surface area contributed by atoms with Gasteiger partial charge in [-0.25, -0.2) is 5.26 Å². The quantitative estimate of drug-likeness (QED) is 0.170. The maximum atomic E-state index is 7.13. The number of thiocyanates is 1. The van der Waals surface area contributed by atoms with E-state index in [1.165, 1.54) is 5.40 Å². The molecular weight excluding hydrogens is 169 g/mol. The first-order valence-corrected chi connectivity index (χ1v) is 2.03. The van der Waals surface area contributed by atoms with Crippen LogP contribution >= 0.6 is 12.2 Å². The molecule has 0 aliphatic heterocycles. The normalized spacial score (nSPS) is 3.88. The maximum Gasteiger partial charge on any atom is 1.00 e. The Balaban J connectivity index is -0.0000000575. The molecule has 0 heterocycles. The third kappa shape index (κ3) is 239. The summed E-state index contributed by atoms with van der Waals surface area (Å²) < 4.78 is 0. The first kappa shape index (κ1) is 16.0. The predicted molar refractivity (Wildman–Crippen MR) is 34.0 cm³/mol.